The minimum Gasteiger partial charge on any atom is -0.309 e. The van der Waals surface area contributed by atoms with E-state index in [2.05, 4.69) is 174 Å². The predicted molar refractivity (Wildman–Crippen MR) is 236 cm³/mol. The Morgan fingerprint density at radius 2 is 1.21 bits per heavy atom. The Balaban J connectivity index is 1.06. The van der Waals surface area contributed by atoms with Crippen molar-refractivity contribution in [2.75, 3.05) is 0 Å². The number of nitrogens with zero attached hydrogens (tertiary/aromatic N) is 4. The van der Waals surface area contributed by atoms with Crippen LogP contribution in [0.2, 0.25) is 0 Å². The molecule has 0 saturated heterocycles. The molecule has 0 N–H and O–H groups in total. The number of allylic oxidation sites excluding steroid dienone is 1. The van der Waals surface area contributed by atoms with E-state index in [9.17, 15) is 0 Å². The van der Waals surface area contributed by atoms with E-state index in [1.165, 1.54) is 69.3 Å². The molecule has 1 aliphatic rings. The predicted octanol–water partition coefficient (Wildman–Crippen LogP) is 13.6. The number of aromatic nitrogens is 4. The number of rotatable bonds is 4. The number of para-hydroxylation sites is 1. The lowest BCUT2D eigenvalue weighted by Gasteiger charge is -2.13. The van der Waals surface area contributed by atoms with Crippen molar-refractivity contribution in [3.63, 3.8) is 0 Å². The Hall–Kier alpha value is -6.95. The van der Waals surface area contributed by atoms with Gasteiger partial charge < -0.3 is 4.57 Å². The fraction of sp³-hybridized carbons (Fsp3) is 0.0392. The van der Waals surface area contributed by atoms with E-state index in [-0.39, 0.29) is 0 Å². The molecule has 3 aromatic heterocycles. The third-order valence-electron chi connectivity index (χ3n) is 11.4. The standard InChI is InChI=1S/C51H32N4S/c1-3-12-33-26-37(22-20-31(33)10-1)49-52-50(38-23-21-32-11-2-4-13-34(32)27-38)54-51(53-49)42-17-9-19-46-48(42)41-25-24-39(30-47(41)56-46)55-44-18-8-7-16-40(44)43-28-35-14-5-6-15-36(35)29-45(43)55/h1,3-10,12-30H,2,11H2. The molecule has 1 aliphatic carbocycles. The van der Waals surface area contributed by atoms with E-state index in [1.54, 1.807) is 0 Å². The molecule has 0 spiro atoms. The van der Waals surface area contributed by atoms with Crippen LogP contribution in [0.1, 0.15) is 17.5 Å². The highest BCUT2D eigenvalue weighted by Gasteiger charge is 2.20. The summed E-state index contributed by atoms with van der Waals surface area (Å²) in [6.45, 7) is 0. The quantitative estimate of drug-likeness (QED) is 0.181. The first-order chi connectivity index (χ1) is 27.7. The Bertz CT molecular complexity index is 3440. The summed E-state index contributed by atoms with van der Waals surface area (Å²) in [6, 6.07) is 57.0. The average Bonchev–Trinajstić information content (AvgIpc) is 3.80. The van der Waals surface area contributed by atoms with Gasteiger partial charge in [0.1, 0.15) is 0 Å². The van der Waals surface area contributed by atoms with Gasteiger partial charge in [-0.1, -0.05) is 121 Å². The second-order valence-electron chi connectivity index (χ2n) is 14.8. The van der Waals surface area contributed by atoms with Crippen LogP contribution in [-0.2, 0) is 6.42 Å². The van der Waals surface area contributed by atoms with Crippen molar-refractivity contribution in [1.29, 1.82) is 0 Å². The Labute approximate surface area is 326 Å². The van der Waals surface area contributed by atoms with Gasteiger partial charge in [0.25, 0.3) is 0 Å². The number of benzene rings is 8. The Morgan fingerprint density at radius 1 is 0.482 bits per heavy atom. The Morgan fingerprint density at radius 3 is 2.09 bits per heavy atom. The van der Waals surface area contributed by atoms with E-state index in [0.717, 1.165) is 40.6 Å². The smallest absolute Gasteiger partial charge is 0.164 e. The maximum atomic E-state index is 5.25. The summed E-state index contributed by atoms with van der Waals surface area (Å²) in [7, 11) is 0. The number of aryl methyl sites for hydroxylation is 1. The summed E-state index contributed by atoms with van der Waals surface area (Å²) in [5, 5.41) is 9.73. The van der Waals surface area contributed by atoms with Crippen molar-refractivity contribution in [3.8, 4) is 39.9 Å². The van der Waals surface area contributed by atoms with E-state index < -0.39 is 0 Å². The first kappa shape index (κ1) is 31.4. The first-order valence-electron chi connectivity index (χ1n) is 19.1. The molecule has 56 heavy (non-hydrogen) atoms. The molecule has 4 nitrogen and oxygen atoms in total. The van der Waals surface area contributed by atoms with E-state index in [1.807, 2.05) is 11.3 Å². The van der Waals surface area contributed by atoms with E-state index in [4.69, 9.17) is 15.0 Å². The maximum Gasteiger partial charge on any atom is 0.164 e. The van der Waals surface area contributed by atoms with Gasteiger partial charge in [-0.15, -0.1) is 11.3 Å². The SMILES string of the molecule is C1=Cc2cc(-c3nc(-c4ccc5ccccc5c4)nc(-c4cccc5sc6cc(-n7c8ccccc8c8cc9ccccc9cc87)ccc6c45)n3)ccc2CC1. The third-order valence-corrected chi connectivity index (χ3v) is 12.6. The van der Waals surface area contributed by atoms with Crippen molar-refractivity contribution in [3.05, 3.63) is 175 Å². The van der Waals surface area contributed by atoms with Gasteiger partial charge in [-0.05, 0) is 94.0 Å². The molecule has 0 fully saturated rings. The summed E-state index contributed by atoms with van der Waals surface area (Å²) in [6.07, 6.45) is 6.61. The van der Waals surface area contributed by atoms with Gasteiger partial charge in [0.15, 0.2) is 17.5 Å². The van der Waals surface area contributed by atoms with Crippen molar-refractivity contribution in [1.82, 2.24) is 19.5 Å². The molecule has 5 heteroatoms. The van der Waals surface area contributed by atoms with Crippen molar-refractivity contribution in [2.24, 2.45) is 0 Å². The number of hydrogen-bond acceptors (Lipinski definition) is 4. The fourth-order valence-corrected chi connectivity index (χ4v) is 9.89. The van der Waals surface area contributed by atoms with Crippen LogP contribution in [0.15, 0.2) is 164 Å². The number of thiophene rings is 1. The average molecular weight is 733 g/mol. The van der Waals surface area contributed by atoms with Gasteiger partial charge in [-0.2, -0.15) is 0 Å². The summed E-state index contributed by atoms with van der Waals surface area (Å²) < 4.78 is 4.85. The zero-order chi connectivity index (χ0) is 36.7. The summed E-state index contributed by atoms with van der Waals surface area (Å²) >= 11 is 1.82. The molecule has 262 valence electrons. The van der Waals surface area contributed by atoms with Crippen LogP contribution in [0.25, 0.3) is 109 Å². The zero-order valence-corrected chi connectivity index (χ0v) is 31.1. The molecule has 11 aromatic rings. The lowest BCUT2D eigenvalue weighted by Crippen LogP contribution is -2.01. The minimum absolute atomic E-state index is 0.668. The van der Waals surface area contributed by atoms with Crippen molar-refractivity contribution < 1.29 is 0 Å². The van der Waals surface area contributed by atoms with Gasteiger partial charge in [0.05, 0.1) is 11.0 Å². The molecule has 12 rings (SSSR count). The van der Waals surface area contributed by atoms with Crippen LogP contribution in [-0.4, -0.2) is 19.5 Å². The van der Waals surface area contributed by atoms with Crippen molar-refractivity contribution >= 4 is 80.9 Å². The van der Waals surface area contributed by atoms with Gasteiger partial charge in [-0.25, -0.2) is 15.0 Å². The van der Waals surface area contributed by atoms with Crippen LogP contribution in [0, 0.1) is 0 Å². The van der Waals surface area contributed by atoms with Crippen LogP contribution < -0.4 is 0 Å². The molecule has 8 aromatic carbocycles. The molecule has 0 bridgehead atoms. The summed E-state index contributed by atoms with van der Waals surface area (Å²) in [4.78, 5) is 15.6. The van der Waals surface area contributed by atoms with Crippen LogP contribution in [0.3, 0.4) is 0 Å². The first-order valence-corrected chi connectivity index (χ1v) is 20.0. The fourth-order valence-electron chi connectivity index (χ4n) is 8.72. The second-order valence-corrected chi connectivity index (χ2v) is 15.8. The van der Waals surface area contributed by atoms with E-state index in [0.29, 0.717) is 17.5 Å². The summed E-state index contributed by atoms with van der Waals surface area (Å²) in [5.41, 5.74) is 9.13. The number of fused-ring (bicyclic) bond motifs is 9. The largest absolute Gasteiger partial charge is 0.309 e. The Kier molecular flexibility index (Phi) is 6.89. The molecule has 3 heterocycles. The molecule has 0 radical (unpaired) electrons. The highest BCUT2D eigenvalue weighted by molar-refractivity contribution is 7.26. The maximum absolute atomic E-state index is 5.25. The van der Waals surface area contributed by atoms with Gasteiger partial charge >= 0.3 is 0 Å². The highest BCUT2D eigenvalue weighted by atomic mass is 32.1. The zero-order valence-electron chi connectivity index (χ0n) is 30.3. The lowest BCUT2D eigenvalue weighted by atomic mass is 9.95. The molecule has 0 aliphatic heterocycles. The summed E-state index contributed by atoms with van der Waals surface area (Å²) in [5.74, 6) is 2.02. The second kappa shape index (κ2) is 12.3. The molecule has 0 saturated carbocycles. The normalized spacial score (nSPS) is 12.8. The van der Waals surface area contributed by atoms with Gasteiger partial charge in [-0.3, -0.25) is 0 Å². The monoisotopic (exact) mass is 732 g/mol. The molecular formula is C51H32N4S. The highest BCUT2D eigenvalue weighted by Crippen LogP contribution is 2.42. The molecule has 0 amide bonds. The lowest BCUT2D eigenvalue weighted by molar-refractivity contribution is 0.985. The topological polar surface area (TPSA) is 43.6 Å². The minimum atomic E-state index is 0.668. The van der Waals surface area contributed by atoms with Crippen molar-refractivity contribution in [2.45, 2.75) is 12.8 Å². The van der Waals surface area contributed by atoms with Crippen LogP contribution >= 0.6 is 11.3 Å². The van der Waals surface area contributed by atoms with E-state index >= 15 is 0 Å². The van der Waals surface area contributed by atoms with Gasteiger partial charge in [0, 0.05) is 53.3 Å². The number of hydrogen-bond donors (Lipinski definition) is 0. The third kappa shape index (κ3) is 4.94. The molecular weight excluding hydrogens is 701 g/mol. The molecule has 0 unspecified atom stereocenters. The van der Waals surface area contributed by atoms with Crippen LogP contribution in [0.5, 0.6) is 0 Å². The van der Waals surface area contributed by atoms with Crippen LogP contribution in [0.4, 0.5) is 0 Å². The van der Waals surface area contributed by atoms with Gasteiger partial charge in [0.2, 0.25) is 0 Å². The molecule has 0 atom stereocenters.